The summed E-state index contributed by atoms with van der Waals surface area (Å²) in [6.45, 7) is 13.4. The summed E-state index contributed by atoms with van der Waals surface area (Å²) in [6, 6.07) is 0. The lowest BCUT2D eigenvalue weighted by Gasteiger charge is -2.22. The van der Waals surface area contributed by atoms with E-state index in [0.29, 0.717) is 0 Å². The summed E-state index contributed by atoms with van der Waals surface area (Å²) < 4.78 is 5.65. The Balaban J connectivity index is 4.60. The lowest BCUT2D eigenvalue weighted by Crippen LogP contribution is -2.34. The van der Waals surface area contributed by atoms with Gasteiger partial charge in [-0.1, -0.05) is 20.8 Å². The number of aliphatic hydroxyl groups is 1. The number of carbonyl (C=O) groups excluding carboxylic acids is 1. The summed E-state index contributed by atoms with van der Waals surface area (Å²) in [4.78, 5) is 11.7. The Hall–Kier alpha value is -0.613. The number of hydrogen-bond acceptors (Lipinski definition) is 3. The minimum Gasteiger partial charge on any atom is -0.512 e. The van der Waals surface area contributed by atoms with Crippen LogP contribution in [-0.4, -0.2) is 25.3 Å². The highest BCUT2D eigenvalue weighted by Crippen LogP contribution is 2.22. The number of hydrogen-bond donors (Lipinski definition) is 1. The lowest BCUT2D eigenvalue weighted by molar-refractivity contribution is -0.120. The number of carbonyl (C=O) groups is 1. The van der Waals surface area contributed by atoms with Gasteiger partial charge in [0.15, 0.2) is 14.1 Å². The van der Waals surface area contributed by atoms with Crippen LogP contribution in [-0.2, 0) is 9.22 Å². The Bertz CT molecular complexity index is 282. The first kappa shape index (κ1) is 15.4. The topological polar surface area (TPSA) is 46.5 Å². The van der Waals surface area contributed by atoms with Gasteiger partial charge in [0.25, 0.3) is 0 Å². The van der Waals surface area contributed by atoms with Crippen LogP contribution in [0.2, 0.25) is 19.6 Å². The van der Waals surface area contributed by atoms with Gasteiger partial charge in [0.1, 0.15) is 11.9 Å². The first-order valence-corrected chi connectivity index (χ1v) is 8.97. The molecule has 0 aromatic heterocycles. The van der Waals surface area contributed by atoms with E-state index in [9.17, 15) is 9.90 Å². The Morgan fingerprint density at radius 3 is 2.06 bits per heavy atom. The largest absolute Gasteiger partial charge is 0.512 e. The minimum absolute atomic E-state index is 0.100. The molecule has 0 fully saturated rings. The molecule has 0 amide bonds. The second-order valence-corrected chi connectivity index (χ2v) is 10.5. The van der Waals surface area contributed by atoms with Gasteiger partial charge in [0.05, 0.1) is 0 Å². The maximum Gasteiger partial charge on any atom is 0.186 e. The van der Waals surface area contributed by atoms with E-state index in [1.54, 1.807) is 6.92 Å². The Morgan fingerprint density at radius 2 is 1.75 bits per heavy atom. The molecule has 0 aromatic rings. The van der Waals surface area contributed by atoms with Crippen LogP contribution in [0.3, 0.4) is 0 Å². The van der Waals surface area contributed by atoms with Crippen molar-refractivity contribution < 1.29 is 14.3 Å². The van der Waals surface area contributed by atoms with Crippen LogP contribution in [0.4, 0.5) is 0 Å². The van der Waals surface area contributed by atoms with E-state index < -0.39 is 19.8 Å². The van der Waals surface area contributed by atoms with Crippen molar-refractivity contribution in [2.24, 2.45) is 5.41 Å². The van der Waals surface area contributed by atoms with Crippen molar-refractivity contribution in [1.29, 1.82) is 0 Å². The second kappa shape index (κ2) is 5.14. The molecule has 1 atom stereocenters. The fourth-order valence-electron chi connectivity index (χ4n) is 1.06. The van der Waals surface area contributed by atoms with Gasteiger partial charge in [-0.05, 0) is 26.6 Å². The van der Waals surface area contributed by atoms with E-state index >= 15 is 0 Å². The molecule has 0 aliphatic rings. The Kier molecular flexibility index (Phi) is 4.95. The van der Waals surface area contributed by atoms with Crippen molar-refractivity contribution in [3.63, 3.8) is 0 Å². The molecule has 0 bridgehead atoms. The molecule has 0 aliphatic carbocycles. The van der Waals surface area contributed by atoms with Crippen molar-refractivity contribution in [2.45, 2.75) is 53.4 Å². The summed E-state index contributed by atoms with van der Waals surface area (Å²) in [5.41, 5.74) is -0.394. The zero-order valence-corrected chi connectivity index (χ0v) is 12.4. The molecule has 0 spiro atoms. The molecule has 16 heavy (non-hydrogen) atoms. The SMILES string of the molecule is CC(O[Si](C)(C)C)C(=O)C=C(O)C(C)(C)C. The number of rotatable bonds is 4. The molecule has 1 unspecified atom stereocenters. The third-order valence-corrected chi connectivity index (χ3v) is 3.04. The predicted octanol–water partition coefficient (Wildman–Crippen LogP) is 3.28. The molecular weight excluding hydrogens is 220 g/mol. The standard InChI is InChI=1S/C12H24O3Si/c1-9(15-16(5,6)7)10(13)8-11(14)12(2,3)4/h8-9,14H,1-7H3. The number of aliphatic hydroxyl groups excluding tert-OH is 1. The molecular formula is C12H24O3Si. The zero-order chi connectivity index (χ0) is 13.1. The molecule has 0 radical (unpaired) electrons. The van der Waals surface area contributed by atoms with Gasteiger partial charge in [-0.3, -0.25) is 4.79 Å². The van der Waals surface area contributed by atoms with E-state index in [0.717, 1.165) is 0 Å². The summed E-state index contributed by atoms with van der Waals surface area (Å²) in [5, 5.41) is 9.70. The van der Waals surface area contributed by atoms with Gasteiger partial charge in [0.2, 0.25) is 0 Å². The summed E-state index contributed by atoms with van der Waals surface area (Å²) in [5.74, 6) is -0.0709. The molecule has 0 saturated heterocycles. The van der Waals surface area contributed by atoms with Crippen molar-refractivity contribution in [2.75, 3.05) is 0 Å². The van der Waals surface area contributed by atoms with E-state index in [1.165, 1.54) is 6.08 Å². The van der Waals surface area contributed by atoms with Crippen LogP contribution < -0.4 is 0 Å². The van der Waals surface area contributed by atoms with Crippen LogP contribution in [0.5, 0.6) is 0 Å². The molecule has 0 rings (SSSR count). The third kappa shape index (κ3) is 6.08. The van der Waals surface area contributed by atoms with Gasteiger partial charge in [-0.15, -0.1) is 0 Å². The van der Waals surface area contributed by atoms with E-state index in [4.69, 9.17) is 4.43 Å². The van der Waals surface area contributed by atoms with Crippen molar-refractivity contribution >= 4 is 14.1 Å². The van der Waals surface area contributed by atoms with Crippen LogP contribution in [0.25, 0.3) is 0 Å². The third-order valence-electron chi connectivity index (χ3n) is 1.98. The van der Waals surface area contributed by atoms with Crippen LogP contribution in [0.1, 0.15) is 27.7 Å². The van der Waals surface area contributed by atoms with Crippen molar-refractivity contribution in [3.05, 3.63) is 11.8 Å². The second-order valence-electron chi connectivity index (χ2n) is 6.05. The Labute approximate surface area is 99.6 Å². The Morgan fingerprint density at radius 1 is 1.31 bits per heavy atom. The van der Waals surface area contributed by atoms with E-state index in [1.807, 2.05) is 40.4 Å². The first-order chi connectivity index (χ1) is 6.93. The highest BCUT2D eigenvalue weighted by Gasteiger charge is 2.24. The smallest absolute Gasteiger partial charge is 0.186 e. The van der Waals surface area contributed by atoms with Gasteiger partial charge in [-0.2, -0.15) is 0 Å². The number of allylic oxidation sites excluding steroid dienone is 1. The highest BCUT2D eigenvalue weighted by molar-refractivity contribution is 6.69. The summed E-state index contributed by atoms with van der Waals surface area (Å²) >= 11 is 0. The van der Waals surface area contributed by atoms with Gasteiger partial charge in [-0.25, -0.2) is 0 Å². The molecule has 0 saturated carbocycles. The quantitative estimate of drug-likeness (QED) is 0.469. The molecule has 94 valence electrons. The molecule has 0 aliphatic heterocycles. The fraction of sp³-hybridized carbons (Fsp3) is 0.750. The lowest BCUT2D eigenvalue weighted by atomic mass is 9.93. The van der Waals surface area contributed by atoms with Gasteiger partial charge < -0.3 is 9.53 Å². The molecule has 3 nitrogen and oxygen atoms in total. The normalized spacial score (nSPS) is 16.1. The monoisotopic (exact) mass is 244 g/mol. The zero-order valence-electron chi connectivity index (χ0n) is 11.4. The molecule has 4 heteroatoms. The average Bonchev–Trinajstić information content (AvgIpc) is 1.98. The van der Waals surface area contributed by atoms with Crippen molar-refractivity contribution in [1.82, 2.24) is 0 Å². The molecule has 1 N–H and O–H groups in total. The first-order valence-electron chi connectivity index (χ1n) is 5.56. The maximum absolute atomic E-state index is 11.7. The van der Waals surface area contributed by atoms with Crippen LogP contribution >= 0.6 is 0 Å². The summed E-state index contributed by atoms with van der Waals surface area (Å²) in [6.07, 6.45) is 0.807. The van der Waals surface area contributed by atoms with Gasteiger partial charge in [0, 0.05) is 11.5 Å². The van der Waals surface area contributed by atoms with Crippen LogP contribution in [0.15, 0.2) is 11.8 Å². The molecule has 0 aromatic carbocycles. The summed E-state index contributed by atoms with van der Waals surface area (Å²) in [7, 11) is -1.71. The highest BCUT2D eigenvalue weighted by atomic mass is 28.4. The maximum atomic E-state index is 11.7. The average molecular weight is 244 g/mol. The van der Waals surface area contributed by atoms with Crippen molar-refractivity contribution in [3.8, 4) is 0 Å². The van der Waals surface area contributed by atoms with Gasteiger partial charge >= 0.3 is 0 Å². The minimum atomic E-state index is -1.71. The van der Waals surface area contributed by atoms with Crippen LogP contribution in [0, 0.1) is 5.41 Å². The molecule has 0 heterocycles. The van der Waals surface area contributed by atoms with E-state index in [2.05, 4.69) is 0 Å². The van der Waals surface area contributed by atoms with E-state index in [-0.39, 0.29) is 11.5 Å². The fourth-order valence-corrected chi connectivity index (χ4v) is 2.23. The predicted molar refractivity (Wildman–Crippen MR) is 69.1 cm³/mol. The number of ketones is 1.